The quantitative estimate of drug-likeness (QED) is 0.529. The molecule has 0 fully saturated rings. The van der Waals surface area contributed by atoms with Crippen molar-refractivity contribution < 1.29 is 13.2 Å². The number of nitrogens with two attached hydrogens (primary N) is 1. The van der Waals surface area contributed by atoms with Gasteiger partial charge in [0.2, 0.25) is 10.0 Å². The Morgan fingerprint density at radius 3 is 2.77 bits per heavy atom. The Balaban J connectivity index is 1.84. The number of hydrogen-bond acceptors (Lipinski definition) is 5. The minimum atomic E-state index is -3.67. The maximum atomic E-state index is 13.0. The van der Waals surface area contributed by atoms with Gasteiger partial charge in [0.05, 0.1) is 11.5 Å². The predicted molar refractivity (Wildman–Crippen MR) is 125 cm³/mol. The first-order valence-corrected chi connectivity index (χ1v) is 12.5. The van der Waals surface area contributed by atoms with Gasteiger partial charge in [0.1, 0.15) is 0 Å². The summed E-state index contributed by atoms with van der Waals surface area (Å²) in [6, 6.07) is 10.5. The largest absolute Gasteiger partial charge is 0.380 e. The van der Waals surface area contributed by atoms with E-state index in [-0.39, 0.29) is 16.9 Å². The van der Waals surface area contributed by atoms with Crippen molar-refractivity contribution >= 4 is 33.2 Å². The number of nitrogens with zero attached hydrogens (tertiary/aromatic N) is 1. The average Bonchev–Trinajstić information content (AvgIpc) is 2.71. The van der Waals surface area contributed by atoms with Gasteiger partial charge in [-0.1, -0.05) is 35.3 Å². The zero-order chi connectivity index (χ0) is 22.6. The number of hydrogen-bond donors (Lipinski definition) is 2. The second-order valence-corrected chi connectivity index (χ2v) is 10.5. The maximum Gasteiger partial charge on any atom is 0.240 e. The van der Waals surface area contributed by atoms with E-state index in [9.17, 15) is 8.42 Å². The number of rotatable bonds is 9. The highest BCUT2D eigenvalue weighted by molar-refractivity contribution is 7.89. The summed E-state index contributed by atoms with van der Waals surface area (Å²) >= 11 is 12.7. The molecule has 2 atom stereocenters. The van der Waals surface area contributed by atoms with Crippen molar-refractivity contribution in [3.63, 3.8) is 0 Å². The summed E-state index contributed by atoms with van der Waals surface area (Å²) < 4.78 is 34.0. The van der Waals surface area contributed by atoms with E-state index in [1.165, 1.54) is 0 Å². The molecule has 2 unspecified atom stereocenters. The summed E-state index contributed by atoms with van der Waals surface area (Å²) in [5.41, 5.74) is 8.38. The van der Waals surface area contributed by atoms with Gasteiger partial charge in [-0.3, -0.25) is 0 Å². The van der Waals surface area contributed by atoms with Crippen LogP contribution in [0.15, 0.2) is 41.3 Å². The fraction of sp³-hybridized carbons (Fsp3) is 0.455. The van der Waals surface area contributed by atoms with Crippen molar-refractivity contribution in [1.29, 1.82) is 0 Å². The molecule has 31 heavy (non-hydrogen) atoms. The van der Waals surface area contributed by atoms with Crippen LogP contribution < -0.4 is 10.5 Å². The van der Waals surface area contributed by atoms with Crippen LogP contribution in [0.3, 0.4) is 0 Å². The standard InChI is InChI=1S/C22H29Cl2N3O3S/c1-15(6-8-30-9-7-25)26-31(28,29)18-5-3-4-16(10-18)20-13-27(2)14-21-19(20)11-17(23)12-22(21)24/h3-5,10-12,15,20,26H,6-9,13-14,25H2,1-2H3. The summed E-state index contributed by atoms with van der Waals surface area (Å²) in [6.45, 7) is 4.66. The third-order valence-corrected chi connectivity index (χ3v) is 7.52. The van der Waals surface area contributed by atoms with Gasteiger partial charge in [0.25, 0.3) is 0 Å². The molecule has 0 bridgehead atoms. The van der Waals surface area contributed by atoms with Crippen LogP contribution in [0.5, 0.6) is 0 Å². The molecule has 2 aromatic carbocycles. The van der Waals surface area contributed by atoms with Crippen LogP contribution in [0, 0.1) is 0 Å². The van der Waals surface area contributed by atoms with E-state index in [2.05, 4.69) is 9.62 Å². The Morgan fingerprint density at radius 1 is 1.26 bits per heavy atom. The first kappa shape index (κ1) is 24.5. The Bertz CT molecular complexity index is 1020. The first-order valence-electron chi connectivity index (χ1n) is 10.3. The van der Waals surface area contributed by atoms with Crippen molar-refractivity contribution in [2.24, 2.45) is 5.73 Å². The van der Waals surface area contributed by atoms with Gasteiger partial charge < -0.3 is 15.4 Å². The van der Waals surface area contributed by atoms with Crippen molar-refractivity contribution in [2.45, 2.75) is 36.7 Å². The fourth-order valence-corrected chi connectivity index (χ4v) is 5.77. The van der Waals surface area contributed by atoms with Gasteiger partial charge >= 0.3 is 0 Å². The van der Waals surface area contributed by atoms with Gasteiger partial charge in [-0.15, -0.1) is 0 Å². The first-order chi connectivity index (χ1) is 14.7. The van der Waals surface area contributed by atoms with E-state index < -0.39 is 10.0 Å². The minimum Gasteiger partial charge on any atom is -0.380 e. The monoisotopic (exact) mass is 485 g/mol. The number of ether oxygens (including phenoxy) is 1. The number of benzene rings is 2. The van der Waals surface area contributed by atoms with E-state index in [0.29, 0.717) is 36.2 Å². The number of fused-ring (bicyclic) bond motifs is 1. The molecule has 3 rings (SSSR count). The predicted octanol–water partition coefficient (Wildman–Crippen LogP) is 3.60. The molecular weight excluding hydrogens is 457 g/mol. The molecule has 1 heterocycles. The van der Waals surface area contributed by atoms with Crippen molar-refractivity contribution in [2.75, 3.05) is 33.4 Å². The summed E-state index contributed by atoms with van der Waals surface area (Å²) in [6.07, 6.45) is 0.566. The Hall–Kier alpha value is -1.19. The lowest BCUT2D eigenvalue weighted by Crippen LogP contribution is -2.34. The van der Waals surface area contributed by atoms with Gasteiger partial charge in [-0.2, -0.15) is 0 Å². The van der Waals surface area contributed by atoms with Crippen LogP contribution >= 0.6 is 23.2 Å². The molecule has 0 amide bonds. The van der Waals surface area contributed by atoms with Crippen LogP contribution in [0.25, 0.3) is 0 Å². The van der Waals surface area contributed by atoms with Crippen LogP contribution in [-0.4, -0.2) is 52.7 Å². The second kappa shape index (κ2) is 10.6. The summed E-state index contributed by atoms with van der Waals surface area (Å²) in [7, 11) is -1.64. The van der Waals surface area contributed by atoms with E-state index in [4.69, 9.17) is 33.7 Å². The van der Waals surface area contributed by atoms with Gasteiger partial charge in [0.15, 0.2) is 0 Å². The zero-order valence-corrected chi connectivity index (χ0v) is 20.1. The third-order valence-electron chi connectivity index (χ3n) is 5.38. The topological polar surface area (TPSA) is 84.7 Å². The van der Waals surface area contributed by atoms with E-state index >= 15 is 0 Å². The molecule has 1 aliphatic heterocycles. The van der Waals surface area contributed by atoms with Crippen LogP contribution in [0.1, 0.15) is 36.0 Å². The molecule has 2 aromatic rings. The lowest BCUT2D eigenvalue weighted by Gasteiger charge is -2.33. The molecular formula is C22H29Cl2N3O3S. The second-order valence-electron chi connectivity index (χ2n) is 7.99. The molecule has 0 saturated heterocycles. The van der Waals surface area contributed by atoms with E-state index in [1.54, 1.807) is 24.3 Å². The fourth-order valence-electron chi connectivity index (χ4n) is 3.87. The molecule has 170 valence electrons. The highest BCUT2D eigenvalue weighted by Gasteiger charge is 2.28. The zero-order valence-electron chi connectivity index (χ0n) is 17.8. The van der Waals surface area contributed by atoms with E-state index in [1.807, 2.05) is 26.1 Å². The normalized spacial score (nSPS) is 18.0. The summed E-state index contributed by atoms with van der Waals surface area (Å²) in [5, 5.41) is 1.21. The number of nitrogens with one attached hydrogen (secondary N) is 1. The molecule has 3 N–H and O–H groups in total. The SMILES string of the molecule is CC(CCOCCN)NS(=O)(=O)c1cccc(C2CN(C)Cc3c(Cl)cc(Cl)cc32)c1. The highest BCUT2D eigenvalue weighted by Crippen LogP contribution is 2.38. The average molecular weight is 486 g/mol. The number of likely N-dealkylation sites (N-methyl/N-ethyl adjacent to an activating group) is 1. The number of sulfonamides is 1. The van der Waals surface area contributed by atoms with Gasteiger partial charge in [-0.25, -0.2) is 13.1 Å². The molecule has 6 nitrogen and oxygen atoms in total. The molecule has 0 aromatic heterocycles. The number of halogens is 2. The molecule has 0 saturated carbocycles. The van der Waals surface area contributed by atoms with Crippen LogP contribution in [-0.2, 0) is 21.3 Å². The Labute approximate surface area is 194 Å². The van der Waals surface area contributed by atoms with Crippen molar-refractivity contribution in [1.82, 2.24) is 9.62 Å². The lowest BCUT2D eigenvalue weighted by molar-refractivity contribution is 0.134. The Kier molecular flexibility index (Phi) is 8.37. The molecule has 0 spiro atoms. The summed E-state index contributed by atoms with van der Waals surface area (Å²) in [5.74, 6) is -0.0258. The van der Waals surface area contributed by atoms with E-state index in [0.717, 1.165) is 29.8 Å². The third kappa shape index (κ3) is 6.20. The highest BCUT2D eigenvalue weighted by atomic mass is 35.5. The van der Waals surface area contributed by atoms with Gasteiger partial charge in [-0.05, 0) is 61.3 Å². The van der Waals surface area contributed by atoms with Crippen molar-refractivity contribution in [3.05, 3.63) is 63.1 Å². The molecule has 0 radical (unpaired) electrons. The minimum absolute atomic E-state index is 0.0258. The van der Waals surface area contributed by atoms with Crippen LogP contribution in [0.4, 0.5) is 0 Å². The smallest absolute Gasteiger partial charge is 0.240 e. The molecule has 1 aliphatic rings. The van der Waals surface area contributed by atoms with Crippen molar-refractivity contribution in [3.8, 4) is 0 Å². The lowest BCUT2D eigenvalue weighted by atomic mass is 9.85. The molecule has 9 heteroatoms. The summed E-state index contributed by atoms with van der Waals surface area (Å²) in [4.78, 5) is 2.41. The van der Waals surface area contributed by atoms with Crippen LogP contribution in [0.2, 0.25) is 10.0 Å². The molecule has 0 aliphatic carbocycles. The Morgan fingerprint density at radius 2 is 2.03 bits per heavy atom. The maximum absolute atomic E-state index is 13.0. The van der Waals surface area contributed by atoms with Gasteiger partial charge in [0, 0.05) is 48.2 Å².